The van der Waals surface area contributed by atoms with Crippen molar-refractivity contribution in [1.29, 1.82) is 0 Å². The number of rotatable bonds is 7. The van der Waals surface area contributed by atoms with Crippen LogP contribution in [0.2, 0.25) is 0 Å². The van der Waals surface area contributed by atoms with Crippen LogP contribution in [0.3, 0.4) is 0 Å². The summed E-state index contributed by atoms with van der Waals surface area (Å²) in [5.74, 6) is 0.252. The van der Waals surface area contributed by atoms with Crippen LogP contribution in [-0.4, -0.2) is 30.6 Å². The average Bonchev–Trinajstić information content (AvgIpc) is 3.12. The van der Waals surface area contributed by atoms with E-state index in [1.54, 1.807) is 42.5 Å². The SMILES string of the molecule is Cc1cccc(C(=O)Nc2nnc(S(=O)(=O)Nc3ccc(OC(C)C)cc3)s2)c1. The van der Waals surface area contributed by atoms with E-state index in [2.05, 4.69) is 20.2 Å². The Labute approximate surface area is 173 Å². The molecule has 8 nitrogen and oxygen atoms in total. The summed E-state index contributed by atoms with van der Waals surface area (Å²) in [5.41, 5.74) is 1.75. The number of anilines is 2. The number of sulfonamides is 1. The number of benzene rings is 2. The highest BCUT2D eigenvalue weighted by atomic mass is 32.2. The third kappa shape index (κ3) is 5.52. The molecule has 10 heteroatoms. The lowest BCUT2D eigenvalue weighted by Crippen LogP contribution is -2.13. The van der Waals surface area contributed by atoms with Crippen LogP contribution >= 0.6 is 11.3 Å². The number of ether oxygens (including phenoxy) is 1. The van der Waals surface area contributed by atoms with Crippen LogP contribution in [0.1, 0.15) is 29.8 Å². The summed E-state index contributed by atoms with van der Waals surface area (Å²) in [6.45, 7) is 5.68. The minimum Gasteiger partial charge on any atom is -0.491 e. The third-order valence-electron chi connectivity index (χ3n) is 3.62. The first-order valence-corrected chi connectivity index (χ1v) is 11.0. The molecule has 29 heavy (non-hydrogen) atoms. The van der Waals surface area contributed by atoms with Gasteiger partial charge in [-0.1, -0.05) is 29.0 Å². The number of aryl methyl sites for hydroxylation is 1. The summed E-state index contributed by atoms with van der Waals surface area (Å²) in [4.78, 5) is 12.3. The van der Waals surface area contributed by atoms with Gasteiger partial charge in [0.2, 0.25) is 5.13 Å². The molecule has 2 N–H and O–H groups in total. The predicted molar refractivity (Wildman–Crippen MR) is 112 cm³/mol. The van der Waals surface area contributed by atoms with E-state index in [9.17, 15) is 13.2 Å². The first-order chi connectivity index (χ1) is 13.7. The summed E-state index contributed by atoms with van der Waals surface area (Å²) in [5, 5.41) is 10.1. The molecule has 1 amide bonds. The van der Waals surface area contributed by atoms with E-state index in [4.69, 9.17) is 4.74 Å². The Hall–Kier alpha value is -2.98. The maximum atomic E-state index is 12.5. The van der Waals surface area contributed by atoms with Crippen LogP contribution in [0.5, 0.6) is 5.75 Å². The van der Waals surface area contributed by atoms with Crippen molar-refractivity contribution in [3.8, 4) is 5.75 Å². The van der Waals surface area contributed by atoms with Crippen LogP contribution in [0, 0.1) is 6.92 Å². The molecule has 0 unspecified atom stereocenters. The zero-order valence-electron chi connectivity index (χ0n) is 16.0. The van der Waals surface area contributed by atoms with E-state index < -0.39 is 10.0 Å². The van der Waals surface area contributed by atoms with Crippen molar-refractivity contribution in [2.75, 3.05) is 10.0 Å². The fourth-order valence-electron chi connectivity index (χ4n) is 2.40. The topological polar surface area (TPSA) is 110 Å². The van der Waals surface area contributed by atoms with Gasteiger partial charge in [0.1, 0.15) is 5.75 Å². The molecular weight excluding hydrogens is 412 g/mol. The quantitative estimate of drug-likeness (QED) is 0.551. The van der Waals surface area contributed by atoms with Crippen LogP contribution in [-0.2, 0) is 10.0 Å². The molecule has 1 aromatic heterocycles. The van der Waals surface area contributed by atoms with Gasteiger partial charge in [-0.3, -0.25) is 14.8 Å². The second-order valence-electron chi connectivity index (χ2n) is 6.49. The van der Waals surface area contributed by atoms with Gasteiger partial charge in [-0.15, -0.1) is 10.2 Å². The molecular formula is C19H20N4O4S2. The van der Waals surface area contributed by atoms with Crippen LogP contribution < -0.4 is 14.8 Å². The molecule has 0 bridgehead atoms. The van der Waals surface area contributed by atoms with Crippen molar-refractivity contribution in [3.63, 3.8) is 0 Å². The molecule has 0 saturated heterocycles. The molecule has 0 aliphatic carbocycles. The van der Waals surface area contributed by atoms with Crippen molar-refractivity contribution in [2.45, 2.75) is 31.2 Å². The first kappa shape index (κ1) is 20.7. The number of carbonyl (C=O) groups is 1. The summed E-state index contributed by atoms with van der Waals surface area (Å²) in [7, 11) is -3.93. The average molecular weight is 433 g/mol. The lowest BCUT2D eigenvalue weighted by molar-refractivity contribution is 0.102. The van der Waals surface area contributed by atoms with E-state index in [1.807, 2.05) is 26.8 Å². The molecule has 0 spiro atoms. The molecule has 0 aliphatic rings. The molecule has 3 aromatic rings. The van der Waals surface area contributed by atoms with Gasteiger partial charge in [0.05, 0.1) is 6.10 Å². The summed E-state index contributed by atoms with van der Waals surface area (Å²) in [6.07, 6.45) is 0.0207. The van der Waals surface area contributed by atoms with E-state index in [-0.39, 0.29) is 21.5 Å². The maximum Gasteiger partial charge on any atom is 0.291 e. The van der Waals surface area contributed by atoms with Crippen molar-refractivity contribution in [2.24, 2.45) is 0 Å². The van der Waals surface area contributed by atoms with E-state index in [0.717, 1.165) is 16.9 Å². The van der Waals surface area contributed by atoms with Gasteiger partial charge in [0, 0.05) is 11.3 Å². The summed E-state index contributed by atoms with van der Waals surface area (Å²) >= 11 is 0.769. The number of hydrogen-bond donors (Lipinski definition) is 2. The Morgan fingerprint density at radius 3 is 2.48 bits per heavy atom. The molecule has 0 saturated carbocycles. The van der Waals surface area contributed by atoms with E-state index in [1.165, 1.54) is 0 Å². The third-order valence-corrected chi connectivity index (χ3v) is 6.20. The van der Waals surface area contributed by atoms with Crippen LogP contribution in [0.25, 0.3) is 0 Å². The Morgan fingerprint density at radius 2 is 1.83 bits per heavy atom. The van der Waals surface area contributed by atoms with Crippen molar-refractivity contribution in [3.05, 3.63) is 59.7 Å². The number of hydrogen-bond acceptors (Lipinski definition) is 7. The Balaban J connectivity index is 1.69. The minimum absolute atomic E-state index is 0.0207. The molecule has 0 atom stereocenters. The van der Waals surface area contributed by atoms with Gasteiger partial charge in [0.25, 0.3) is 20.3 Å². The molecule has 152 valence electrons. The van der Waals surface area contributed by atoms with Gasteiger partial charge in [-0.2, -0.15) is 8.42 Å². The fraction of sp³-hybridized carbons (Fsp3) is 0.211. The van der Waals surface area contributed by atoms with Gasteiger partial charge in [0.15, 0.2) is 0 Å². The molecule has 3 rings (SSSR count). The smallest absolute Gasteiger partial charge is 0.291 e. The van der Waals surface area contributed by atoms with E-state index >= 15 is 0 Å². The van der Waals surface area contributed by atoms with Crippen LogP contribution in [0.4, 0.5) is 10.8 Å². The zero-order chi connectivity index (χ0) is 21.0. The number of nitrogens with zero attached hydrogens (tertiary/aromatic N) is 2. The largest absolute Gasteiger partial charge is 0.491 e. The number of carbonyl (C=O) groups excluding carboxylic acids is 1. The molecule has 0 fully saturated rings. The molecule has 2 aromatic carbocycles. The highest BCUT2D eigenvalue weighted by molar-refractivity contribution is 7.94. The van der Waals surface area contributed by atoms with Crippen molar-refractivity contribution in [1.82, 2.24) is 10.2 Å². The first-order valence-electron chi connectivity index (χ1n) is 8.74. The number of nitrogens with one attached hydrogen (secondary N) is 2. The Morgan fingerprint density at radius 1 is 1.10 bits per heavy atom. The summed E-state index contributed by atoms with van der Waals surface area (Å²) < 4.78 is 32.8. The highest BCUT2D eigenvalue weighted by Crippen LogP contribution is 2.24. The summed E-state index contributed by atoms with van der Waals surface area (Å²) in [6, 6.07) is 13.6. The lowest BCUT2D eigenvalue weighted by Gasteiger charge is -2.10. The number of amides is 1. The van der Waals surface area contributed by atoms with Crippen molar-refractivity contribution >= 4 is 38.1 Å². The molecule has 0 radical (unpaired) electrons. The second kappa shape index (κ2) is 8.58. The van der Waals surface area contributed by atoms with E-state index in [0.29, 0.717) is 17.0 Å². The molecule has 0 aliphatic heterocycles. The second-order valence-corrected chi connectivity index (χ2v) is 9.33. The minimum atomic E-state index is -3.93. The Bertz CT molecular complexity index is 1110. The van der Waals surface area contributed by atoms with Gasteiger partial charge >= 0.3 is 0 Å². The van der Waals surface area contributed by atoms with Gasteiger partial charge in [-0.05, 0) is 57.2 Å². The maximum absolute atomic E-state index is 12.5. The van der Waals surface area contributed by atoms with Crippen LogP contribution in [0.15, 0.2) is 52.9 Å². The van der Waals surface area contributed by atoms with Gasteiger partial charge < -0.3 is 4.74 Å². The monoisotopic (exact) mass is 432 g/mol. The standard InChI is InChI=1S/C19H20N4O4S2/c1-12(2)27-16-9-7-15(8-10-16)23-29(25,26)19-22-21-18(28-19)20-17(24)14-6-4-5-13(3)11-14/h4-12,23H,1-3H3,(H,20,21,24). The fourth-order valence-corrected chi connectivity index (χ4v) is 4.35. The van der Waals surface area contributed by atoms with Crippen molar-refractivity contribution < 1.29 is 17.9 Å². The normalized spacial score (nSPS) is 11.3. The number of aromatic nitrogens is 2. The lowest BCUT2D eigenvalue weighted by atomic mass is 10.1. The Kier molecular flexibility index (Phi) is 6.14. The molecule has 1 heterocycles. The predicted octanol–water partition coefficient (Wildman–Crippen LogP) is 3.69. The van der Waals surface area contributed by atoms with Gasteiger partial charge in [-0.25, -0.2) is 0 Å². The highest BCUT2D eigenvalue weighted by Gasteiger charge is 2.21. The zero-order valence-corrected chi connectivity index (χ0v) is 17.7.